The molecule has 2 aromatic rings. The molecule has 0 aliphatic carbocycles. The Bertz CT molecular complexity index is 1080. The molecule has 1 atom stereocenters. The first-order valence-electron chi connectivity index (χ1n) is 10.5. The number of halogens is 1. The van der Waals surface area contributed by atoms with Gasteiger partial charge in [-0.25, -0.2) is 22.3 Å². The molecule has 2 rings (SSSR count). The Hall–Kier alpha value is -2.98. The minimum atomic E-state index is -3.86. The summed E-state index contributed by atoms with van der Waals surface area (Å²) in [5.41, 5.74) is 0.363. The van der Waals surface area contributed by atoms with Crippen molar-refractivity contribution in [3.05, 3.63) is 59.9 Å². The molecular weight excluding hydrogens is 449 g/mol. The van der Waals surface area contributed by atoms with Crippen molar-refractivity contribution < 1.29 is 27.1 Å². The van der Waals surface area contributed by atoms with Gasteiger partial charge in [0.2, 0.25) is 15.9 Å². The van der Waals surface area contributed by atoms with Crippen molar-refractivity contribution in [2.24, 2.45) is 5.92 Å². The van der Waals surface area contributed by atoms with E-state index in [2.05, 4.69) is 15.4 Å². The fourth-order valence-electron chi connectivity index (χ4n) is 2.86. The molecule has 1 unspecified atom stereocenters. The number of rotatable bonds is 9. The molecule has 0 aliphatic rings. The highest BCUT2D eigenvalue weighted by Crippen LogP contribution is 2.17. The number of hydrogen-bond donors (Lipinski definition) is 3. The molecule has 0 aliphatic heterocycles. The standard InChI is InChI=1S/C23H30FN3O5S/c1-16(13-17-7-5-8-18(24)14-17)21(28)27-19-9-6-10-20(15-19)33(30,31)26-12-11-25-22(29)32-23(2,3)4/h5-10,14-16,26H,11-13H2,1-4H3,(H,25,29)(H,27,28). The Kier molecular flexibility index (Phi) is 8.95. The number of hydrogen-bond acceptors (Lipinski definition) is 5. The number of anilines is 1. The number of carbonyl (C=O) groups excluding carboxylic acids is 2. The minimum absolute atomic E-state index is 0.0321. The number of carbonyl (C=O) groups is 2. The summed E-state index contributed by atoms with van der Waals surface area (Å²) in [6, 6.07) is 11.9. The van der Waals surface area contributed by atoms with E-state index in [1.807, 2.05) is 0 Å². The summed E-state index contributed by atoms with van der Waals surface area (Å²) in [5, 5.41) is 5.16. The van der Waals surface area contributed by atoms with Gasteiger partial charge in [0.15, 0.2) is 0 Å². The van der Waals surface area contributed by atoms with E-state index in [0.717, 1.165) is 0 Å². The first kappa shape index (κ1) is 26.3. The second-order valence-electron chi connectivity index (χ2n) is 8.58. The van der Waals surface area contributed by atoms with Gasteiger partial charge in [0, 0.05) is 24.7 Å². The SMILES string of the molecule is CC(Cc1cccc(F)c1)C(=O)Nc1cccc(S(=O)(=O)NCCNC(=O)OC(C)(C)C)c1. The van der Waals surface area contributed by atoms with E-state index in [1.165, 1.54) is 30.3 Å². The van der Waals surface area contributed by atoms with Crippen molar-refractivity contribution in [1.29, 1.82) is 0 Å². The first-order valence-corrected chi connectivity index (χ1v) is 12.0. The lowest BCUT2D eigenvalue weighted by Gasteiger charge is -2.19. The molecule has 0 bridgehead atoms. The van der Waals surface area contributed by atoms with Crippen LogP contribution in [0, 0.1) is 11.7 Å². The zero-order chi connectivity index (χ0) is 24.6. The smallest absolute Gasteiger partial charge is 0.407 e. The first-order chi connectivity index (χ1) is 15.4. The van der Waals surface area contributed by atoms with E-state index in [9.17, 15) is 22.4 Å². The van der Waals surface area contributed by atoms with Crippen LogP contribution in [0.2, 0.25) is 0 Å². The predicted octanol–water partition coefficient (Wildman–Crippen LogP) is 3.45. The lowest BCUT2D eigenvalue weighted by Crippen LogP contribution is -2.37. The van der Waals surface area contributed by atoms with Crippen LogP contribution >= 0.6 is 0 Å². The van der Waals surface area contributed by atoms with Gasteiger partial charge in [-0.3, -0.25) is 4.79 Å². The highest BCUT2D eigenvalue weighted by Gasteiger charge is 2.18. The summed E-state index contributed by atoms with van der Waals surface area (Å²) < 4.78 is 45.9. The molecule has 180 valence electrons. The van der Waals surface area contributed by atoms with Crippen molar-refractivity contribution in [1.82, 2.24) is 10.0 Å². The van der Waals surface area contributed by atoms with E-state index in [0.29, 0.717) is 17.7 Å². The van der Waals surface area contributed by atoms with Crippen LogP contribution in [0.15, 0.2) is 53.4 Å². The summed E-state index contributed by atoms with van der Waals surface area (Å²) in [6.45, 7) is 6.89. The Labute approximate surface area is 194 Å². The van der Waals surface area contributed by atoms with E-state index in [-0.39, 0.29) is 29.7 Å². The van der Waals surface area contributed by atoms with Gasteiger partial charge in [0.25, 0.3) is 0 Å². The number of amides is 2. The van der Waals surface area contributed by atoms with Crippen molar-refractivity contribution >= 4 is 27.7 Å². The van der Waals surface area contributed by atoms with Gasteiger partial charge < -0.3 is 15.4 Å². The monoisotopic (exact) mass is 479 g/mol. The van der Waals surface area contributed by atoms with E-state index in [4.69, 9.17) is 4.74 Å². The molecule has 0 heterocycles. The van der Waals surface area contributed by atoms with Crippen LogP contribution in [0.25, 0.3) is 0 Å². The fraction of sp³-hybridized carbons (Fsp3) is 0.391. The van der Waals surface area contributed by atoms with Gasteiger partial charge >= 0.3 is 6.09 Å². The number of benzene rings is 2. The van der Waals surface area contributed by atoms with Gasteiger partial charge in [0.05, 0.1) is 4.90 Å². The topological polar surface area (TPSA) is 114 Å². The third-order valence-corrected chi connectivity index (χ3v) is 5.83. The lowest BCUT2D eigenvalue weighted by atomic mass is 10.0. The molecule has 33 heavy (non-hydrogen) atoms. The van der Waals surface area contributed by atoms with Crippen LogP contribution in [-0.2, 0) is 26.0 Å². The Balaban J connectivity index is 1.91. The molecule has 10 heteroatoms. The summed E-state index contributed by atoms with van der Waals surface area (Å²) in [5.74, 6) is -1.14. The van der Waals surface area contributed by atoms with Crippen molar-refractivity contribution in [3.63, 3.8) is 0 Å². The van der Waals surface area contributed by atoms with Gasteiger partial charge in [-0.2, -0.15) is 0 Å². The van der Waals surface area contributed by atoms with E-state index in [1.54, 1.807) is 45.9 Å². The largest absolute Gasteiger partial charge is 0.444 e. The third-order valence-electron chi connectivity index (χ3n) is 4.38. The summed E-state index contributed by atoms with van der Waals surface area (Å²) in [7, 11) is -3.86. The summed E-state index contributed by atoms with van der Waals surface area (Å²) >= 11 is 0. The zero-order valence-electron chi connectivity index (χ0n) is 19.1. The highest BCUT2D eigenvalue weighted by atomic mass is 32.2. The third kappa shape index (κ3) is 9.19. The number of alkyl carbamates (subject to hydrolysis) is 1. The molecule has 0 radical (unpaired) electrons. The Morgan fingerprint density at radius 3 is 2.42 bits per heavy atom. The fourth-order valence-corrected chi connectivity index (χ4v) is 3.94. The Morgan fingerprint density at radius 1 is 1.06 bits per heavy atom. The molecule has 0 aromatic heterocycles. The molecule has 0 saturated heterocycles. The highest BCUT2D eigenvalue weighted by molar-refractivity contribution is 7.89. The van der Waals surface area contributed by atoms with Crippen LogP contribution < -0.4 is 15.4 Å². The van der Waals surface area contributed by atoms with E-state index < -0.39 is 27.6 Å². The summed E-state index contributed by atoms with van der Waals surface area (Å²) in [4.78, 5) is 24.1. The molecule has 0 fully saturated rings. The minimum Gasteiger partial charge on any atom is -0.444 e. The number of sulfonamides is 1. The summed E-state index contributed by atoms with van der Waals surface area (Å²) in [6.07, 6.45) is -0.299. The van der Waals surface area contributed by atoms with Crippen LogP contribution in [-0.4, -0.2) is 39.1 Å². The van der Waals surface area contributed by atoms with Gasteiger partial charge in [-0.15, -0.1) is 0 Å². The molecule has 3 N–H and O–H groups in total. The van der Waals surface area contributed by atoms with Crippen LogP contribution in [0.5, 0.6) is 0 Å². The van der Waals surface area contributed by atoms with E-state index >= 15 is 0 Å². The molecular formula is C23H30FN3O5S. The maximum atomic E-state index is 13.3. The quantitative estimate of drug-likeness (QED) is 0.477. The molecule has 8 nitrogen and oxygen atoms in total. The van der Waals surface area contributed by atoms with Crippen LogP contribution in [0.4, 0.5) is 14.9 Å². The van der Waals surface area contributed by atoms with Crippen molar-refractivity contribution in [3.8, 4) is 0 Å². The van der Waals surface area contributed by atoms with Gasteiger partial charge in [-0.1, -0.05) is 25.1 Å². The molecule has 2 amide bonds. The van der Waals surface area contributed by atoms with Crippen molar-refractivity contribution in [2.45, 2.75) is 44.6 Å². The maximum absolute atomic E-state index is 13.3. The Morgan fingerprint density at radius 2 is 1.76 bits per heavy atom. The average molecular weight is 480 g/mol. The predicted molar refractivity (Wildman–Crippen MR) is 124 cm³/mol. The zero-order valence-corrected chi connectivity index (χ0v) is 20.0. The molecule has 0 spiro atoms. The van der Waals surface area contributed by atoms with Gasteiger partial charge in [-0.05, 0) is 63.1 Å². The lowest BCUT2D eigenvalue weighted by molar-refractivity contribution is -0.119. The van der Waals surface area contributed by atoms with Gasteiger partial charge in [0.1, 0.15) is 11.4 Å². The maximum Gasteiger partial charge on any atom is 0.407 e. The second kappa shape index (κ2) is 11.2. The van der Waals surface area contributed by atoms with Crippen LogP contribution in [0.1, 0.15) is 33.3 Å². The molecule has 2 aromatic carbocycles. The average Bonchev–Trinajstić information content (AvgIpc) is 2.70. The number of ether oxygens (including phenoxy) is 1. The van der Waals surface area contributed by atoms with Crippen LogP contribution in [0.3, 0.4) is 0 Å². The normalized spacial score (nSPS) is 12.6. The van der Waals surface area contributed by atoms with Crippen molar-refractivity contribution in [2.75, 3.05) is 18.4 Å². The second-order valence-corrected chi connectivity index (χ2v) is 10.3. The number of nitrogens with one attached hydrogen (secondary N) is 3. The molecule has 0 saturated carbocycles.